The second-order valence-corrected chi connectivity index (χ2v) is 5.71. The molecule has 0 aliphatic heterocycles. The van der Waals surface area contributed by atoms with E-state index in [9.17, 15) is 0 Å². The lowest BCUT2D eigenvalue weighted by molar-refractivity contribution is 0.182. The summed E-state index contributed by atoms with van der Waals surface area (Å²) in [5.74, 6) is 1.52. The van der Waals surface area contributed by atoms with Gasteiger partial charge in [-0.2, -0.15) is 0 Å². The highest BCUT2D eigenvalue weighted by Gasteiger charge is 2.14. The predicted octanol–water partition coefficient (Wildman–Crippen LogP) is 4.26. The van der Waals surface area contributed by atoms with Crippen molar-refractivity contribution in [3.8, 4) is 5.75 Å². The lowest BCUT2D eigenvalue weighted by atomic mass is 10.0. The summed E-state index contributed by atoms with van der Waals surface area (Å²) in [5, 5.41) is 0.688. The molecule has 0 radical (unpaired) electrons. The lowest BCUT2D eigenvalue weighted by Crippen LogP contribution is -2.36. The van der Waals surface area contributed by atoms with Crippen LogP contribution in [0.3, 0.4) is 0 Å². The van der Waals surface area contributed by atoms with E-state index in [0.29, 0.717) is 5.02 Å². The Labute approximate surface area is 115 Å². The predicted molar refractivity (Wildman–Crippen MR) is 78.2 cm³/mol. The molecule has 0 spiro atoms. The number of halogens is 1. The Morgan fingerprint density at radius 2 is 1.94 bits per heavy atom. The van der Waals surface area contributed by atoms with Crippen molar-refractivity contribution in [2.24, 2.45) is 11.7 Å². The molecule has 2 nitrogen and oxygen atoms in total. The van der Waals surface area contributed by atoms with Crippen molar-refractivity contribution in [2.75, 3.05) is 0 Å². The molecule has 0 saturated carbocycles. The fourth-order valence-corrected chi connectivity index (χ4v) is 2.02. The monoisotopic (exact) mass is 269 g/mol. The largest absolute Gasteiger partial charge is 0.489 e. The zero-order valence-corrected chi connectivity index (χ0v) is 12.3. The van der Waals surface area contributed by atoms with Crippen LogP contribution in [0, 0.1) is 5.92 Å². The lowest BCUT2D eigenvalue weighted by Gasteiger charge is -2.22. The van der Waals surface area contributed by atoms with Gasteiger partial charge >= 0.3 is 0 Å². The molecule has 2 unspecified atom stereocenters. The van der Waals surface area contributed by atoms with Crippen LogP contribution in [0.4, 0.5) is 0 Å². The molecule has 102 valence electrons. The maximum absolute atomic E-state index is 6.13. The van der Waals surface area contributed by atoms with Crippen molar-refractivity contribution in [2.45, 2.75) is 52.2 Å². The number of rotatable bonds is 7. The van der Waals surface area contributed by atoms with Crippen molar-refractivity contribution in [3.63, 3.8) is 0 Å². The van der Waals surface area contributed by atoms with Gasteiger partial charge in [-0.25, -0.2) is 0 Å². The second-order valence-electron chi connectivity index (χ2n) is 5.27. The minimum atomic E-state index is 0.00984. The van der Waals surface area contributed by atoms with Gasteiger partial charge < -0.3 is 10.5 Å². The van der Waals surface area contributed by atoms with E-state index in [0.717, 1.165) is 24.5 Å². The number of hydrogen-bond acceptors (Lipinski definition) is 2. The molecule has 1 aromatic rings. The molecule has 2 N–H and O–H groups in total. The minimum absolute atomic E-state index is 0.00984. The highest BCUT2D eigenvalue weighted by atomic mass is 35.5. The van der Waals surface area contributed by atoms with Crippen LogP contribution in [-0.2, 0) is 0 Å². The third kappa shape index (κ3) is 5.74. The third-order valence-electron chi connectivity index (χ3n) is 3.04. The van der Waals surface area contributed by atoms with Gasteiger partial charge in [-0.15, -0.1) is 0 Å². The second kappa shape index (κ2) is 7.65. The zero-order chi connectivity index (χ0) is 13.5. The molecule has 1 aromatic carbocycles. The van der Waals surface area contributed by atoms with Crippen LogP contribution in [0.5, 0.6) is 5.75 Å². The van der Waals surface area contributed by atoms with E-state index in [4.69, 9.17) is 22.1 Å². The van der Waals surface area contributed by atoms with Crippen molar-refractivity contribution in [3.05, 3.63) is 29.3 Å². The first-order valence-corrected chi connectivity index (χ1v) is 7.04. The fraction of sp³-hybridized carbons (Fsp3) is 0.600. The molecule has 0 aromatic heterocycles. The average Bonchev–Trinajstić information content (AvgIpc) is 2.28. The molecular weight excluding hydrogens is 246 g/mol. The molecule has 0 aliphatic carbocycles. The molecule has 0 aliphatic rings. The van der Waals surface area contributed by atoms with Crippen LogP contribution in [0.1, 0.15) is 40.0 Å². The van der Waals surface area contributed by atoms with Gasteiger partial charge in [0.1, 0.15) is 11.9 Å². The number of hydrogen-bond donors (Lipinski definition) is 1. The Morgan fingerprint density at radius 1 is 1.22 bits per heavy atom. The van der Waals surface area contributed by atoms with Crippen LogP contribution in [0.15, 0.2) is 24.3 Å². The van der Waals surface area contributed by atoms with Gasteiger partial charge in [0.15, 0.2) is 0 Å². The minimum Gasteiger partial charge on any atom is -0.489 e. The summed E-state index contributed by atoms with van der Waals surface area (Å²) in [4.78, 5) is 0. The summed E-state index contributed by atoms with van der Waals surface area (Å²) in [6.07, 6.45) is 3.38. The maximum atomic E-state index is 6.13. The first-order chi connectivity index (χ1) is 8.49. The van der Waals surface area contributed by atoms with Gasteiger partial charge in [-0.3, -0.25) is 0 Å². The quantitative estimate of drug-likeness (QED) is 0.803. The van der Waals surface area contributed by atoms with Gasteiger partial charge in [0.2, 0.25) is 0 Å². The number of nitrogens with two attached hydrogens (primary N) is 1. The molecule has 1 rings (SSSR count). The van der Waals surface area contributed by atoms with E-state index < -0.39 is 0 Å². The molecular formula is C15H24ClNO. The third-order valence-corrected chi connectivity index (χ3v) is 3.28. The Bertz CT molecular complexity index is 354. The van der Waals surface area contributed by atoms with E-state index >= 15 is 0 Å². The van der Waals surface area contributed by atoms with E-state index in [1.54, 1.807) is 0 Å². The maximum Gasteiger partial charge on any atom is 0.121 e. The summed E-state index contributed by atoms with van der Waals surface area (Å²) in [6, 6.07) is 7.51. The summed E-state index contributed by atoms with van der Waals surface area (Å²) < 4.78 is 5.81. The van der Waals surface area contributed by atoms with Gasteiger partial charge in [0.25, 0.3) is 0 Å². The van der Waals surface area contributed by atoms with Crippen molar-refractivity contribution < 1.29 is 4.74 Å². The van der Waals surface area contributed by atoms with Gasteiger partial charge in [0, 0.05) is 11.1 Å². The van der Waals surface area contributed by atoms with Gasteiger partial charge in [-0.1, -0.05) is 44.4 Å². The SMILES string of the molecule is CC(C)CCCC(N)C(C)Oc1cccc(Cl)c1. The molecule has 18 heavy (non-hydrogen) atoms. The smallest absolute Gasteiger partial charge is 0.121 e. The molecule has 0 amide bonds. The van der Waals surface area contributed by atoms with Crippen molar-refractivity contribution in [1.29, 1.82) is 0 Å². The number of ether oxygens (including phenoxy) is 1. The van der Waals surface area contributed by atoms with E-state index in [1.165, 1.54) is 6.42 Å². The first-order valence-electron chi connectivity index (χ1n) is 6.67. The van der Waals surface area contributed by atoms with Gasteiger partial charge in [0.05, 0.1) is 0 Å². The van der Waals surface area contributed by atoms with Crippen LogP contribution < -0.4 is 10.5 Å². The normalized spacial score (nSPS) is 14.6. The Morgan fingerprint density at radius 3 is 2.56 bits per heavy atom. The molecule has 3 heteroatoms. The van der Waals surface area contributed by atoms with E-state index in [1.807, 2.05) is 31.2 Å². The highest BCUT2D eigenvalue weighted by molar-refractivity contribution is 6.30. The zero-order valence-electron chi connectivity index (χ0n) is 11.5. The molecule has 0 fully saturated rings. The average molecular weight is 270 g/mol. The van der Waals surface area contributed by atoms with E-state index in [2.05, 4.69) is 13.8 Å². The van der Waals surface area contributed by atoms with Gasteiger partial charge in [-0.05, 0) is 37.5 Å². The van der Waals surface area contributed by atoms with E-state index in [-0.39, 0.29) is 12.1 Å². The molecule has 0 bridgehead atoms. The topological polar surface area (TPSA) is 35.2 Å². The number of benzene rings is 1. The Kier molecular flexibility index (Phi) is 6.51. The van der Waals surface area contributed by atoms with Crippen molar-refractivity contribution in [1.82, 2.24) is 0 Å². The Hall–Kier alpha value is -0.730. The molecule has 0 heterocycles. The molecule has 0 saturated heterocycles. The fourth-order valence-electron chi connectivity index (χ4n) is 1.84. The summed E-state index contributed by atoms with van der Waals surface area (Å²) >= 11 is 5.92. The summed E-state index contributed by atoms with van der Waals surface area (Å²) in [6.45, 7) is 6.48. The van der Waals surface area contributed by atoms with Crippen molar-refractivity contribution >= 4 is 11.6 Å². The summed E-state index contributed by atoms with van der Waals surface area (Å²) in [5.41, 5.74) is 6.13. The molecule has 2 atom stereocenters. The first kappa shape index (κ1) is 15.3. The Balaban J connectivity index is 2.37. The summed E-state index contributed by atoms with van der Waals surface area (Å²) in [7, 11) is 0. The van der Waals surface area contributed by atoms with Crippen LogP contribution in [0.25, 0.3) is 0 Å². The standard InChI is InChI=1S/C15H24ClNO/c1-11(2)6-4-9-15(17)12(3)18-14-8-5-7-13(16)10-14/h5,7-8,10-12,15H,4,6,9,17H2,1-3H3. The van der Waals surface area contributed by atoms with Crippen LogP contribution in [0.2, 0.25) is 5.02 Å². The van der Waals surface area contributed by atoms with Crippen LogP contribution in [-0.4, -0.2) is 12.1 Å². The van der Waals surface area contributed by atoms with Crippen LogP contribution >= 0.6 is 11.6 Å². The highest BCUT2D eigenvalue weighted by Crippen LogP contribution is 2.19.